The van der Waals surface area contributed by atoms with Gasteiger partial charge in [-0.1, -0.05) is 50.8 Å². The Morgan fingerprint density at radius 3 is 2.78 bits per heavy atom. The summed E-state index contributed by atoms with van der Waals surface area (Å²) in [5.41, 5.74) is 1.52. The highest BCUT2D eigenvalue weighted by molar-refractivity contribution is 5.94. The molecule has 6 nitrogen and oxygen atoms in total. The van der Waals surface area contributed by atoms with Gasteiger partial charge in [0.2, 0.25) is 5.91 Å². The lowest BCUT2D eigenvalue weighted by Gasteiger charge is -2.15. The zero-order chi connectivity index (χ0) is 22.4. The molecule has 3 rings (SSSR count). The molecular formula is C26H36N2O4. The van der Waals surface area contributed by atoms with E-state index in [1.165, 1.54) is 25.7 Å². The Labute approximate surface area is 191 Å². The van der Waals surface area contributed by atoms with Crippen LogP contribution in [0.15, 0.2) is 48.5 Å². The molecule has 0 aliphatic carbocycles. The molecule has 0 aromatic heterocycles. The number of hydrogen-bond acceptors (Lipinski definition) is 5. The Kier molecular flexibility index (Phi) is 10.2. The molecule has 0 bridgehead atoms. The van der Waals surface area contributed by atoms with Crippen molar-refractivity contribution in [2.24, 2.45) is 0 Å². The maximum Gasteiger partial charge on any atom is 0.243 e. The maximum absolute atomic E-state index is 12.5. The second-order valence-corrected chi connectivity index (χ2v) is 8.13. The van der Waals surface area contributed by atoms with Gasteiger partial charge in [0.25, 0.3) is 0 Å². The van der Waals surface area contributed by atoms with Gasteiger partial charge in [0.15, 0.2) is 0 Å². The van der Waals surface area contributed by atoms with Crippen molar-refractivity contribution >= 4 is 17.3 Å². The number of benzene rings is 2. The fourth-order valence-electron chi connectivity index (χ4n) is 3.64. The minimum Gasteiger partial charge on any atom is -0.494 e. The van der Waals surface area contributed by atoms with Crippen molar-refractivity contribution in [2.75, 3.05) is 37.0 Å². The van der Waals surface area contributed by atoms with Crippen molar-refractivity contribution in [3.63, 3.8) is 0 Å². The summed E-state index contributed by atoms with van der Waals surface area (Å²) < 4.78 is 17.4. The van der Waals surface area contributed by atoms with Crippen LogP contribution in [0.4, 0.5) is 11.4 Å². The van der Waals surface area contributed by atoms with Crippen molar-refractivity contribution in [3.05, 3.63) is 48.5 Å². The minimum absolute atomic E-state index is 0.129. The number of ether oxygens (including phenoxy) is 3. The van der Waals surface area contributed by atoms with Gasteiger partial charge in [0.05, 0.1) is 24.9 Å². The van der Waals surface area contributed by atoms with Crippen LogP contribution in [0.1, 0.15) is 51.9 Å². The molecule has 0 radical (unpaired) electrons. The van der Waals surface area contributed by atoms with Crippen LogP contribution in [0.2, 0.25) is 0 Å². The Morgan fingerprint density at radius 2 is 1.94 bits per heavy atom. The minimum atomic E-state index is -0.129. The topological polar surface area (TPSA) is 68.8 Å². The van der Waals surface area contributed by atoms with Gasteiger partial charge in [-0.3, -0.25) is 4.79 Å². The molecule has 174 valence electrons. The predicted molar refractivity (Wildman–Crippen MR) is 129 cm³/mol. The smallest absolute Gasteiger partial charge is 0.243 e. The third-order valence-electron chi connectivity index (χ3n) is 5.41. The monoisotopic (exact) mass is 440 g/mol. The number of nitrogens with one attached hydrogen (secondary N) is 2. The zero-order valence-electron chi connectivity index (χ0n) is 19.1. The summed E-state index contributed by atoms with van der Waals surface area (Å²) >= 11 is 0. The van der Waals surface area contributed by atoms with Gasteiger partial charge in [-0.2, -0.15) is 0 Å². The quantitative estimate of drug-likeness (QED) is 0.372. The van der Waals surface area contributed by atoms with Crippen LogP contribution in [-0.4, -0.2) is 38.4 Å². The highest BCUT2D eigenvalue weighted by Crippen LogP contribution is 2.25. The molecule has 0 spiro atoms. The molecule has 1 unspecified atom stereocenters. The average Bonchev–Trinajstić information content (AvgIpc) is 3.33. The Bertz CT molecular complexity index is 821. The van der Waals surface area contributed by atoms with Crippen LogP contribution in [-0.2, 0) is 9.53 Å². The first kappa shape index (κ1) is 23.9. The van der Waals surface area contributed by atoms with Crippen molar-refractivity contribution < 1.29 is 19.0 Å². The summed E-state index contributed by atoms with van der Waals surface area (Å²) in [5.74, 6) is 1.37. The van der Waals surface area contributed by atoms with E-state index in [1.807, 2.05) is 48.5 Å². The van der Waals surface area contributed by atoms with E-state index in [1.54, 1.807) is 0 Å². The third kappa shape index (κ3) is 8.42. The number of rotatable bonds is 14. The molecule has 1 aliphatic rings. The lowest BCUT2D eigenvalue weighted by Crippen LogP contribution is -2.22. The van der Waals surface area contributed by atoms with Gasteiger partial charge < -0.3 is 24.8 Å². The van der Waals surface area contributed by atoms with E-state index in [0.717, 1.165) is 48.7 Å². The van der Waals surface area contributed by atoms with Crippen molar-refractivity contribution in [1.82, 2.24) is 0 Å². The van der Waals surface area contributed by atoms with Gasteiger partial charge in [0, 0.05) is 18.4 Å². The van der Waals surface area contributed by atoms with Crippen molar-refractivity contribution in [1.29, 1.82) is 0 Å². The van der Waals surface area contributed by atoms with E-state index >= 15 is 0 Å². The number of para-hydroxylation sites is 2. The largest absolute Gasteiger partial charge is 0.494 e. The molecule has 1 saturated heterocycles. The standard InChI is InChI=1S/C26H36N2O4/c1-2-3-4-5-8-16-30-22-12-9-11-21(18-22)28-26(29)19-27-24-14-6-7-15-25(24)32-20-23-13-10-17-31-23/h6-7,9,11-12,14-15,18,23,27H,2-5,8,10,13,16-17,19-20H2,1H3,(H,28,29). The number of anilines is 2. The van der Waals surface area contributed by atoms with Crippen LogP contribution in [0.3, 0.4) is 0 Å². The molecule has 1 fully saturated rings. The third-order valence-corrected chi connectivity index (χ3v) is 5.41. The number of hydrogen-bond donors (Lipinski definition) is 2. The fraction of sp³-hybridized carbons (Fsp3) is 0.500. The summed E-state index contributed by atoms with van der Waals surface area (Å²) in [4.78, 5) is 12.5. The SMILES string of the molecule is CCCCCCCOc1cccc(NC(=O)CNc2ccccc2OCC2CCCO2)c1. The average molecular weight is 441 g/mol. The molecule has 1 atom stereocenters. The van der Waals surface area contributed by atoms with E-state index in [4.69, 9.17) is 14.2 Å². The number of carbonyl (C=O) groups is 1. The van der Waals surface area contributed by atoms with Gasteiger partial charge in [0.1, 0.15) is 18.1 Å². The molecule has 1 amide bonds. The molecule has 2 N–H and O–H groups in total. The highest BCUT2D eigenvalue weighted by atomic mass is 16.5. The van der Waals surface area contributed by atoms with Gasteiger partial charge >= 0.3 is 0 Å². The predicted octanol–water partition coefficient (Wildman–Crippen LogP) is 5.64. The first-order valence-electron chi connectivity index (χ1n) is 11.8. The number of amides is 1. The summed E-state index contributed by atoms with van der Waals surface area (Å²) in [6.07, 6.45) is 8.28. The molecule has 6 heteroatoms. The van der Waals surface area contributed by atoms with E-state index in [9.17, 15) is 4.79 Å². The van der Waals surface area contributed by atoms with E-state index in [0.29, 0.717) is 13.2 Å². The molecule has 0 saturated carbocycles. The number of unbranched alkanes of at least 4 members (excludes halogenated alkanes) is 4. The summed E-state index contributed by atoms with van der Waals surface area (Å²) in [5, 5.41) is 6.10. The lowest BCUT2D eigenvalue weighted by molar-refractivity contribution is -0.114. The second-order valence-electron chi connectivity index (χ2n) is 8.13. The molecule has 2 aromatic carbocycles. The zero-order valence-corrected chi connectivity index (χ0v) is 19.1. The molecule has 1 aliphatic heterocycles. The van der Waals surface area contributed by atoms with Crippen molar-refractivity contribution in [3.8, 4) is 11.5 Å². The summed E-state index contributed by atoms with van der Waals surface area (Å²) in [6, 6.07) is 15.2. The molecule has 32 heavy (non-hydrogen) atoms. The highest BCUT2D eigenvalue weighted by Gasteiger charge is 2.17. The van der Waals surface area contributed by atoms with Crippen LogP contribution in [0.25, 0.3) is 0 Å². The van der Waals surface area contributed by atoms with E-state index < -0.39 is 0 Å². The normalized spacial score (nSPS) is 15.3. The maximum atomic E-state index is 12.5. The van der Waals surface area contributed by atoms with Gasteiger partial charge in [-0.15, -0.1) is 0 Å². The summed E-state index contributed by atoms with van der Waals surface area (Å²) in [7, 11) is 0. The number of carbonyl (C=O) groups excluding carboxylic acids is 1. The van der Waals surface area contributed by atoms with E-state index in [2.05, 4.69) is 17.6 Å². The van der Waals surface area contributed by atoms with Gasteiger partial charge in [-0.05, 0) is 43.5 Å². The lowest BCUT2D eigenvalue weighted by atomic mass is 10.2. The van der Waals surface area contributed by atoms with Crippen LogP contribution >= 0.6 is 0 Å². The first-order chi connectivity index (χ1) is 15.7. The van der Waals surface area contributed by atoms with Crippen LogP contribution in [0.5, 0.6) is 11.5 Å². The Morgan fingerprint density at radius 1 is 1.06 bits per heavy atom. The molecule has 2 aromatic rings. The van der Waals surface area contributed by atoms with E-state index in [-0.39, 0.29) is 18.6 Å². The van der Waals surface area contributed by atoms with Crippen molar-refractivity contribution in [2.45, 2.75) is 58.0 Å². The molecule has 1 heterocycles. The van der Waals surface area contributed by atoms with Gasteiger partial charge in [-0.25, -0.2) is 0 Å². The van der Waals surface area contributed by atoms with Crippen LogP contribution < -0.4 is 20.1 Å². The Hall–Kier alpha value is -2.73. The molecular weight excluding hydrogens is 404 g/mol. The van der Waals surface area contributed by atoms with Crippen LogP contribution in [0, 0.1) is 0 Å². The Balaban J connectivity index is 1.42. The second kappa shape index (κ2) is 13.6. The first-order valence-corrected chi connectivity index (χ1v) is 11.8. The summed E-state index contributed by atoms with van der Waals surface area (Å²) in [6.45, 7) is 4.38. The fourth-order valence-corrected chi connectivity index (χ4v) is 3.64.